The van der Waals surface area contributed by atoms with Crippen LogP contribution in [0.3, 0.4) is 0 Å². The Hall–Kier alpha value is -2.27. The SMILES string of the molecule is NCCCN(Cc1cccnc1)C(=O)c1ccc(F)cc1. The fraction of sp³-hybridized carbons (Fsp3) is 0.250. The summed E-state index contributed by atoms with van der Waals surface area (Å²) in [4.78, 5) is 18.3. The van der Waals surface area contributed by atoms with E-state index in [0.29, 0.717) is 31.6 Å². The molecular weight excluding hydrogens is 269 g/mol. The lowest BCUT2D eigenvalue weighted by Gasteiger charge is -2.22. The first-order valence-corrected chi connectivity index (χ1v) is 6.84. The fourth-order valence-electron chi connectivity index (χ4n) is 2.02. The largest absolute Gasteiger partial charge is 0.334 e. The Morgan fingerprint density at radius 2 is 2.00 bits per heavy atom. The molecule has 5 heteroatoms. The predicted molar refractivity (Wildman–Crippen MR) is 79.0 cm³/mol. The molecule has 21 heavy (non-hydrogen) atoms. The molecule has 0 unspecified atom stereocenters. The second kappa shape index (κ2) is 7.50. The van der Waals surface area contributed by atoms with E-state index in [9.17, 15) is 9.18 Å². The number of hydrogen-bond donors (Lipinski definition) is 1. The number of hydrogen-bond acceptors (Lipinski definition) is 3. The van der Waals surface area contributed by atoms with Crippen LogP contribution in [0.5, 0.6) is 0 Å². The molecule has 4 nitrogen and oxygen atoms in total. The van der Waals surface area contributed by atoms with Crippen molar-refractivity contribution in [1.82, 2.24) is 9.88 Å². The van der Waals surface area contributed by atoms with Gasteiger partial charge in [0.2, 0.25) is 0 Å². The molecule has 0 aliphatic carbocycles. The third-order valence-electron chi connectivity index (χ3n) is 3.11. The highest BCUT2D eigenvalue weighted by molar-refractivity contribution is 5.94. The Balaban J connectivity index is 2.14. The predicted octanol–water partition coefficient (Wildman–Crippen LogP) is 2.21. The van der Waals surface area contributed by atoms with E-state index in [-0.39, 0.29) is 11.7 Å². The van der Waals surface area contributed by atoms with Crippen molar-refractivity contribution in [3.05, 3.63) is 65.7 Å². The van der Waals surface area contributed by atoms with Gasteiger partial charge in [0.05, 0.1) is 0 Å². The van der Waals surface area contributed by atoms with Gasteiger partial charge in [-0.05, 0) is 48.9 Å². The van der Waals surface area contributed by atoms with Gasteiger partial charge in [-0.15, -0.1) is 0 Å². The number of amides is 1. The van der Waals surface area contributed by atoms with Crippen LogP contribution < -0.4 is 5.73 Å². The lowest BCUT2D eigenvalue weighted by atomic mass is 10.1. The highest BCUT2D eigenvalue weighted by atomic mass is 19.1. The van der Waals surface area contributed by atoms with Gasteiger partial charge in [0.1, 0.15) is 5.82 Å². The second-order valence-electron chi connectivity index (χ2n) is 4.74. The zero-order valence-corrected chi connectivity index (χ0v) is 11.7. The number of nitrogens with zero attached hydrogens (tertiary/aromatic N) is 2. The summed E-state index contributed by atoms with van der Waals surface area (Å²) in [6.07, 6.45) is 4.14. The zero-order valence-electron chi connectivity index (χ0n) is 11.7. The first-order chi connectivity index (χ1) is 10.2. The van der Waals surface area contributed by atoms with Gasteiger partial charge in [-0.25, -0.2) is 4.39 Å². The molecule has 0 saturated carbocycles. The molecule has 1 amide bonds. The van der Waals surface area contributed by atoms with Crippen molar-refractivity contribution >= 4 is 5.91 Å². The van der Waals surface area contributed by atoms with E-state index in [1.807, 2.05) is 12.1 Å². The monoisotopic (exact) mass is 287 g/mol. The molecule has 1 heterocycles. The van der Waals surface area contributed by atoms with Crippen LogP contribution in [0.1, 0.15) is 22.3 Å². The van der Waals surface area contributed by atoms with E-state index in [1.165, 1.54) is 24.3 Å². The third kappa shape index (κ3) is 4.36. The number of halogens is 1. The summed E-state index contributed by atoms with van der Waals surface area (Å²) in [5, 5.41) is 0. The van der Waals surface area contributed by atoms with Gasteiger partial charge >= 0.3 is 0 Å². The van der Waals surface area contributed by atoms with Crippen LogP contribution in [-0.2, 0) is 6.54 Å². The Labute approximate surface area is 123 Å². The van der Waals surface area contributed by atoms with Crippen molar-refractivity contribution in [2.75, 3.05) is 13.1 Å². The Morgan fingerprint density at radius 3 is 2.62 bits per heavy atom. The fourth-order valence-corrected chi connectivity index (χ4v) is 2.02. The third-order valence-corrected chi connectivity index (χ3v) is 3.11. The van der Waals surface area contributed by atoms with Crippen LogP contribution in [0, 0.1) is 5.82 Å². The van der Waals surface area contributed by atoms with Crippen molar-refractivity contribution in [3.63, 3.8) is 0 Å². The number of carbonyl (C=O) groups is 1. The van der Waals surface area contributed by atoms with Crippen LogP contribution in [0.2, 0.25) is 0 Å². The Morgan fingerprint density at radius 1 is 1.24 bits per heavy atom. The second-order valence-corrected chi connectivity index (χ2v) is 4.74. The highest BCUT2D eigenvalue weighted by Gasteiger charge is 2.15. The van der Waals surface area contributed by atoms with Gasteiger partial charge in [-0.1, -0.05) is 6.07 Å². The quantitative estimate of drug-likeness (QED) is 0.886. The van der Waals surface area contributed by atoms with Gasteiger partial charge < -0.3 is 10.6 Å². The Bertz CT molecular complexity index is 572. The van der Waals surface area contributed by atoms with Gasteiger partial charge in [0.15, 0.2) is 0 Å². The molecule has 0 radical (unpaired) electrons. The maximum atomic E-state index is 13.0. The number of nitrogens with two attached hydrogens (primary N) is 1. The van der Waals surface area contributed by atoms with Gasteiger partial charge in [0, 0.05) is 31.0 Å². The summed E-state index contributed by atoms with van der Waals surface area (Å²) in [5.41, 5.74) is 6.95. The number of carbonyl (C=O) groups excluding carboxylic acids is 1. The molecule has 0 fully saturated rings. The summed E-state index contributed by atoms with van der Waals surface area (Å²) >= 11 is 0. The number of pyridine rings is 1. The summed E-state index contributed by atoms with van der Waals surface area (Å²) in [5.74, 6) is -0.486. The van der Waals surface area contributed by atoms with E-state index in [4.69, 9.17) is 5.73 Å². The van der Waals surface area contributed by atoms with Crippen molar-refractivity contribution in [2.24, 2.45) is 5.73 Å². The molecular formula is C16H18FN3O. The highest BCUT2D eigenvalue weighted by Crippen LogP contribution is 2.11. The zero-order chi connectivity index (χ0) is 15.1. The molecule has 2 N–H and O–H groups in total. The lowest BCUT2D eigenvalue weighted by Crippen LogP contribution is -2.32. The molecule has 1 aromatic carbocycles. The molecule has 0 aliphatic heterocycles. The van der Waals surface area contributed by atoms with Crippen LogP contribution in [-0.4, -0.2) is 28.9 Å². The molecule has 0 bridgehead atoms. The van der Waals surface area contributed by atoms with Crippen LogP contribution in [0.15, 0.2) is 48.8 Å². The summed E-state index contributed by atoms with van der Waals surface area (Å²) in [6, 6.07) is 9.32. The van der Waals surface area contributed by atoms with E-state index >= 15 is 0 Å². The number of rotatable bonds is 6. The van der Waals surface area contributed by atoms with Crippen LogP contribution >= 0.6 is 0 Å². The maximum Gasteiger partial charge on any atom is 0.254 e. The summed E-state index contributed by atoms with van der Waals surface area (Å²) < 4.78 is 13.0. The lowest BCUT2D eigenvalue weighted by molar-refractivity contribution is 0.0742. The molecule has 110 valence electrons. The van der Waals surface area contributed by atoms with Crippen LogP contribution in [0.25, 0.3) is 0 Å². The molecule has 1 aromatic heterocycles. The molecule has 2 rings (SSSR count). The molecule has 2 aromatic rings. The molecule has 0 aliphatic rings. The smallest absolute Gasteiger partial charge is 0.254 e. The Kier molecular flexibility index (Phi) is 5.40. The standard InChI is InChI=1S/C16H18FN3O/c17-15-6-4-14(5-7-15)16(21)20(10-2-8-18)12-13-3-1-9-19-11-13/h1,3-7,9,11H,2,8,10,12,18H2. The summed E-state index contributed by atoms with van der Waals surface area (Å²) in [7, 11) is 0. The minimum absolute atomic E-state index is 0.132. The van der Waals surface area contributed by atoms with Crippen molar-refractivity contribution < 1.29 is 9.18 Å². The van der Waals surface area contributed by atoms with Crippen molar-refractivity contribution in [3.8, 4) is 0 Å². The number of aromatic nitrogens is 1. The minimum Gasteiger partial charge on any atom is -0.334 e. The van der Waals surface area contributed by atoms with Gasteiger partial charge in [-0.3, -0.25) is 9.78 Å². The van der Waals surface area contributed by atoms with E-state index < -0.39 is 0 Å². The van der Waals surface area contributed by atoms with Gasteiger partial charge in [-0.2, -0.15) is 0 Å². The summed E-state index contributed by atoms with van der Waals surface area (Å²) in [6.45, 7) is 1.53. The number of benzene rings is 1. The van der Waals surface area contributed by atoms with Crippen molar-refractivity contribution in [2.45, 2.75) is 13.0 Å². The maximum absolute atomic E-state index is 13.0. The van der Waals surface area contributed by atoms with Gasteiger partial charge in [0.25, 0.3) is 5.91 Å². The topological polar surface area (TPSA) is 59.2 Å². The molecule has 0 saturated heterocycles. The minimum atomic E-state index is -0.354. The van der Waals surface area contributed by atoms with E-state index in [2.05, 4.69) is 4.98 Å². The molecule has 0 spiro atoms. The average Bonchev–Trinajstić information content (AvgIpc) is 2.52. The average molecular weight is 287 g/mol. The van der Waals surface area contributed by atoms with E-state index in [1.54, 1.807) is 17.3 Å². The van der Waals surface area contributed by atoms with E-state index in [0.717, 1.165) is 5.56 Å². The van der Waals surface area contributed by atoms with Crippen LogP contribution in [0.4, 0.5) is 4.39 Å². The first kappa shape index (κ1) is 15.1. The van der Waals surface area contributed by atoms with Crippen molar-refractivity contribution in [1.29, 1.82) is 0 Å². The normalized spacial score (nSPS) is 10.4. The molecule has 0 atom stereocenters. The first-order valence-electron chi connectivity index (χ1n) is 6.84.